The number of aliphatic hydroxyl groups is 1. The second kappa shape index (κ2) is 7.37. The summed E-state index contributed by atoms with van der Waals surface area (Å²) in [6.07, 6.45) is 3.44. The fraction of sp³-hybridized carbons (Fsp3) is 0.500. The zero-order valence-electron chi connectivity index (χ0n) is 15.5. The van der Waals surface area contributed by atoms with E-state index in [0.717, 1.165) is 21.7 Å². The summed E-state index contributed by atoms with van der Waals surface area (Å²) in [5, 5.41) is 11.9. The molecule has 3 N–H and O–H groups in total. The average molecular weight is 375 g/mol. The van der Waals surface area contributed by atoms with Crippen LogP contribution in [0.25, 0.3) is 10.4 Å². The lowest BCUT2D eigenvalue weighted by molar-refractivity contribution is -0.154. The van der Waals surface area contributed by atoms with Crippen LogP contribution in [0.4, 0.5) is 5.69 Å². The second-order valence-corrected chi connectivity index (χ2v) is 8.30. The maximum Gasteiger partial charge on any atom is 0.309 e. The fourth-order valence-corrected chi connectivity index (χ4v) is 4.86. The number of thiazole rings is 1. The molecule has 3 atom stereocenters. The monoisotopic (exact) mass is 374 g/mol. The Morgan fingerprint density at radius 3 is 2.88 bits per heavy atom. The largest absolute Gasteiger partial charge is 0.466 e. The van der Waals surface area contributed by atoms with Gasteiger partial charge in [-0.1, -0.05) is 13.0 Å². The molecule has 0 amide bonds. The van der Waals surface area contributed by atoms with Crippen molar-refractivity contribution in [2.24, 2.45) is 11.8 Å². The van der Waals surface area contributed by atoms with Crippen molar-refractivity contribution in [3.8, 4) is 10.4 Å². The first-order chi connectivity index (χ1) is 12.3. The van der Waals surface area contributed by atoms with E-state index in [1.165, 1.54) is 11.3 Å². The topological polar surface area (TPSA) is 85.4 Å². The lowest BCUT2D eigenvalue weighted by Gasteiger charge is -2.37. The Morgan fingerprint density at radius 2 is 2.23 bits per heavy atom. The Labute approximate surface area is 158 Å². The van der Waals surface area contributed by atoms with Gasteiger partial charge in [0, 0.05) is 11.9 Å². The van der Waals surface area contributed by atoms with Gasteiger partial charge in [0.25, 0.3) is 0 Å². The first-order valence-electron chi connectivity index (χ1n) is 9.05. The molecule has 2 aromatic rings. The highest BCUT2D eigenvalue weighted by Crippen LogP contribution is 2.45. The van der Waals surface area contributed by atoms with Crippen LogP contribution in [0, 0.1) is 18.8 Å². The second-order valence-electron chi connectivity index (χ2n) is 7.27. The molecule has 0 spiro atoms. The Kier molecular flexibility index (Phi) is 5.34. The number of hydrogen-bond acceptors (Lipinski definition) is 6. The van der Waals surface area contributed by atoms with Crippen molar-refractivity contribution in [1.82, 2.24) is 4.98 Å². The van der Waals surface area contributed by atoms with E-state index in [1.807, 2.05) is 32.9 Å². The number of aryl methyl sites for hydroxylation is 1. The van der Waals surface area contributed by atoms with Crippen molar-refractivity contribution in [2.45, 2.75) is 45.6 Å². The van der Waals surface area contributed by atoms with E-state index >= 15 is 0 Å². The Balaban J connectivity index is 1.80. The normalized spacial score (nSPS) is 25.8. The molecular formula is C20H26N2O3S. The van der Waals surface area contributed by atoms with E-state index in [2.05, 4.69) is 11.1 Å². The van der Waals surface area contributed by atoms with E-state index in [9.17, 15) is 9.90 Å². The highest BCUT2D eigenvalue weighted by molar-refractivity contribution is 7.15. The Bertz CT molecular complexity index is 784. The summed E-state index contributed by atoms with van der Waals surface area (Å²) in [6.45, 7) is 6.22. The standard InChI is InChI=1S/C20H26N2O3S/c1-4-25-18(23)16-5-6-20(24,10-13(16)3)19-22-11-17(26-19)14-7-12(2)8-15(21)9-14/h7-9,11,13,16,24H,4-6,10,21H2,1-3H3/t13-,16+,20-/m1/s1. The van der Waals surface area contributed by atoms with Gasteiger partial charge in [0.15, 0.2) is 0 Å². The number of anilines is 1. The van der Waals surface area contributed by atoms with E-state index in [-0.39, 0.29) is 17.8 Å². The van der Waals surface area contributed by atoms with Gasteiger partial charge in [-0.2, -0.15) is 0 Å². The SMILES string of the molecule is CCOC(=O)[C@H]1CC[C@](O)(c2ncc(-c3cc(C)cc(N)c3)s2)C[C@H]1C. The number of carbonyl (C=O) groups is 1. The zero-order valence-corrected chi connectivity index (χ0v) is 16.3. The van der Waals surface area contributed by atoms with Crippen molar-refractivity contribution < 1.29 is 14.6 Å². The third-order valence-electron chi connectivity index (χ3n) is 5.09. The lowest BCUT2D eigenvalue weighted by Crippen LogP contribution is -2.39. The molecule has 6 heteroatoms. The molecule has 1 aromatic carbocycles. The van der Waals surface area contributed by atoms with E-state index in [1.54, 1.807) is 6.20 Å². The molecule has 1 heterocycles. The summed E-state index contributed by atoms with van der Waals surface area (Å²) in [5.74, 6) is -0.252. The van der Waals surface area contributed by atoms with Crippen LogP contribution in [0.15, 0.2) is 24.4 Å². The maximum absolute atomic E-state index is 12.1. The number of nitrogens with two attached hydrogens (primary N) is 1. The van der Waals surface area contributed by atoms with Crippen LogP contribution in [-0.4, -0.2) is 22.7 Å². The summed E-state index contributed by atoms with van der Waals surface area (Å²) in [4.78, 5) is 17.6. The smallest absolute Gasteiger partial charge is 0.309 e. The van der Waals surface area contributed by atoms with Gasteiger partial charge in [-0.25, -0.2) is 4.98 Å². The molecular weight excluding hydrogens is 348 g/mol. The van der Waals surface area contributed by atoms with Crippen LogP contribution in [0.5, 0.6) is 0 Å². The van der Waals surface area contributed by atoms with Crippen molar-refractivity contribution in [3.63, 3.8) is 0 Å². The van der Waals surface area contributed by atoms with Gasteiger partial charge in [0.1, 0.15) is 10.6 Å². The number of ether oxygens (including phenoxy) is 1. The van der Waals surface area contributed by atoms with Gasteiger partial charge >= 0.3 is 5.97 Å². The summed E-state index contributed by atoms with van der Waals surface area (Å²) >= 11 is 1.50. The molecule has 0 aliphatic heterocycles. The third kappa shape index (κ3) is 3.76. The van der Waals surface area contributed by atoms with Crippen LogP contribution >= 0.6 is 11.3 Å². The number of benzene rings is 1. The first-order valence-corrected chi connectivity index (χ1v) is 9.87. The zero-order chi connectivity index (χ0) is 18.9. The van der Waals surface area contributed by atoms with Crippen LogP contribution in [0.3, 0.4) is 0 Å². The molecule has 1 saturated carbocycles. The third-order valence-corrected chi connectivity index (χ3v) is 6.33. The van der Waals surface area contributed by atoms with Gasteiger partial charge in [0.05, 0.1) is 17.4 Å². The number of nitrogens with zero attached hydrogens (tertiary/aromatic N) is 1. The highest BCUT2D eigenvalue weighted by atomic mass is 32.1. The molecule has 0 unspecified atom stereocenters. The summed E-state index contributed by atoms with van der Waals surface area (Å²) in [5.41, 5.74) is 7.80. The highest BCUT2D eigenvalue weighted by Gasteiger charge is 2.43. The van der Waals surface area contributed by atoms with Crippen LogP contribution in [-0.2, 0) is 15.1 Å². The van der Waals surface area contributed by atoms with E-state index < -0.39 is 5.60 Å². The molecule has 1 aromatic heterocycles. The van der Waals surface area contributed by atoms with Gasteiger partial charge in [-0.05, 0) is 62.3 Å². The summed E-state index contributed by atoms with van der Waals surface area (Å²) in [6, 6.07) is 5.92. The molecule has 3 rings (SSSR count). The Morgan fingerprint density at radius 1 is 1.46 bits per heavy atom. The molecule has 0 bridgehead atoms. The number of rotatable bonds is 4. The number of aromatic nitrogens is 1. The molecule has 1 fully saturated rings. The molecule has 5 nitrogen and oxygen atoms in total. The van der Waals surface area contributed by atoms with Crippen molar-refractivity contribution in [3.05, 3.63) is 35.0 Å². The van der Waals surface area contributed by atoms with Crippen molar-refractivity contribution in [1.29, 1.82) is 0 Å². The number of nitrogen functional groups attached to an aromatic ring is 1. The number of hydrogen-bond donors (Lipinski definition) is 2. The molecule has 1 aliphatic carbocycles. The van der Waals surface area contributed by atoms with Crippen molar-refractivity contribution >= 4 is 23.0 Å². The lowest BCUT2D eigenvalue weighted by atomic mass is 9.72. The molecule has 0 radical (unpaired) electrons. The molecule has 26 heavy (non-hydrogen) atoms. The van der Waals surface area contributed by atoms with Gasteiger partial charge < -0.3 is 15.6 Å². The quantitative estimate of drug-likeness (QED) is 0.626. The van der Waals surface area contributed by atoms with Gasteiger partial charge in [0.2, 0.25) is 0 Å². The summed E-state index contributed by atoms with van der Waals surface area (Å²) < 4.78 is 5.16. The predicted octanol–water partition coefficient (Wildman–Crippen LogP) is 3.89. The predicted molar refractivity (Wildman–Crippen MR) is 104 cm³/mol. The van der Waals surface area contributed by atoms with Crippen molar-refractivity contribution in [2.75, 3.05) is 12.3 Å². The maximum atomic E-state index is 12.1. The minimum atomic E-state index is -0.985. The summed E-state index contributed by atoms with van der Waals surface area (Å²) in [7, 11) is 0. The van der Waals surface area contributed by atoms with E-state index in [4.69, 9.17) is 10.5 Å². The van der Waals surface area contributed by atoms with Gasteiger partial charge in [-0.15, -0.1) is 11.3 Å². The number of esters is 1. The average Bonchev–Trinajstić information content (AvgIpc) is 3.05. The van der Waals surface area contributed by atoms with Gasteiger partial charge in [-0.3, -0.25) is 4.79 Å². The first kappa shape index (κ1) is 18.9. The minimum absolute atomic E-state index is 0.0507. The van der Waals surface area contributed by atoms with Crippen LogP contribution in [0.1, 0.15) is 43.7 Å². The number of carbonyl (C=O) groups excluding carboxylic acids is 1. The minimum Gasteiger partial charge on any atom is -0.466 e. The van der Waals surface area contributed by atoms with Crippen LogP contribution < -0.4 is 5.73 Å². The Hall–Kier alpha value is -1.92. The van der Waals surface area contributed by atoms with E-state index in [0.29, 0.717) is 30.9 Å². The molecule has 1 aliphatic rings. The van der Waals surface area contributed by atoms with Crippen LogP contribution in [0.2, 0.25) is 0 Å². The fourth-order valence-electron chi connectivity index (χ4n) is 3.83. The molecule has 140 valence electrons. The molecule has 0 saturated heterocycles.